The monoisotopic (exact) mass is 288 g/mol. The van der Waals surface area contributed by atoms with E-state index in [1.807, 2.05) is 13.8 Å². The molecule has 6 heteroatoms. The maximum absolute atomic E-state index is 12.5. The molecule has 1 heterocycles. The summed E-state index contributed by atoms with van der Waals surface area (Å²) in [7, 11) is 0. The molecule has 0 fully saturated rings. The van der Waals surface area contributed by atoms with Crippen molar-refractivity contribution in [3.63, 3.8) is 0 Å². The minimum absolute atomic E-state index is 0.202. The van der Waals surface area contributed by atoms with Crippen LogP contribution in [0.3, 0.4) is 0 Å². The van der Waals surface area contributed by atoms with Crippen LogP contribution in [0.25, 0.3) is 5.69 Å². The van der Waals surface area contributed by atoms with Crippen molar-refractivity contribution < 1.29 is 13.2 Å². The zero-order valence-corrected chi connectivity index (χ0v) is 11.1. The van der Waals surface area contributed by atoms with Crippen molar-refractivity contribution in [3.05, 3.63) is 46.7 Å². The summed E-state index contributed by atoms with van der Waals surface area (Å²) < 4.78 is 38.8. The largest absolute Gasteiger partial charge is 0.416 e. The van der Waals surface area contributed by atoms with Crippen LogP contribution >= 0.6 is 11.6 Å². The van der Waals surface area contributed by atoms with Gasteiger partial charge in [-0.2, -0.15) is 18.3 Å². The Hall–Kier alpha value is -1.49. The van der Waals surface area contributed by atoms with Gasteiger partial charge in [0.05, 0.1) is 16.9 Å². The van der Waals surface area contributed by atoms with Crippen molar-refractivity contribution in [3.8, 4) is 5.69 Å². The lowest BCUT2D eigenvalue weighted by Crippen LogP contribution is -2.05. The Morgan fingerprint density at radius 3 is 2.16 bits per heavy atom. The predicted molar refractivity (Wildman–Crippen MR) is 67.7 cm³/mol. The Bertz CT molecular complexity index is 571. The van der Waals surface area contributed by atoms with E-state index in [2.05, 4.69) is 5.10 Å². The third kappa shape index (κ3) is 2.92. The Morgan fingerprint density at radius 2 is 1.74 bits per heavy atom. The molecular formula is C13H12ClF3N2. The van der Waals surface area contributed by atoms with Crippen LogP contribution in [-0.4, -0.2) is 9.78 Å². The summed E-state index contributed by atoms with van der Waals surface area (Å²) >= 11 is 6.03. The van der Waals surface area contributed by atoms with Crippen molar-refractivity contribution in [2.75, 3.05) is 0 Å². The van der Waals surface area contributed by atoms with Crippen molar-refractivity contribution in [1.29, 1.82) is 0 Å². The van der Waals surface area contributed by atoms with Crippen LogP contribution in [0.4, 0.5) is 13.2 Å². The molecule has 0 aliphatic heterocycles. The van der Waals surface area contributed by atoms with Gasteiger partial charge in [-0.25, -0.2) is 4.68 Å². The molecule has 0 aliphatic carbocycles. The molecule has 0 saturated heterocycles. The van der Waals surface area contributed by atoms with Gasteiger partial charge in [-0.05, 0) is 36.2 Å². The summed E-state index contributed by atoms with van der Waals surface area (Å²) in [4.78, 5) is 0. The number of hydrogen-bond donors (Lipinski definition) is 0. The Morgan fingerprint density at radius 1 is 1.16 bits per heavy atom. The number of halogens is 4. The number of alkyl halides is 3. The number of aromatic nitrogens is 2. The highest BCUT2D eigenvalue weighted by atomic mass is 35.5. The third-order valence-corrected chi connectivity index (χ3v) is 2.98. The molecule has 102 valence electrons. The molecule has 0 spiro atoms. The highest BCUT2D eigenvalue weighted by Gasteiger charge is 2.30. The Kier molecular flexibility index (Phi) is 3.58. The van der Waals surface area contributed by atoms with Crippen LogP contribution in [0.5, 0.6) is 0 Å². The van der Waals surface area contributed by atoms with E-state index in [1.165, 1.54) is 16.8 Å². The molecule has 2 rings (SSSR count). The number of rotatable bonds is 2. The summed E-state index contributed by atoms with van der Waals surface area (Å²) in [6.07, 6.45) is -4.34. The summed E-state index contributed by atoms with van der Waals surface area (Å²) in [5.41, 5.74) is 0.610. The maximum atomic E-state index is 12.5. The first-order valence-corrected chi connectivity index (χ1v) is 6.10. The first-order valence-electron chi connectivity index (χ1n) is 5.72. The summed E-state index contributed by atoms with van der Waals surface area (Å²) in [5, 5.41) is 4.65. The van der Waals surface area contributed by atoms with Gasteiger partial charge in [-0.15, -0.1) is 0 Å². The normalized spacial score (nSPS) is 12.2. The SMILES string of the molecule is CC(C)c1cc(Cl)n(-c2ccc(C(F)(F)F)cc2)n1. The zero-order valence-electron chi connectivity index (χ0n) is 10.4. The molecule has 0 aliphatic rings. The van der Waals surface area contributed by atoms with E-state index in [9.17, 15) is 13.2 Å². The van der Waals surface area contributed by atoms with Crippen LogP contribution in [0.15, 0.2) is 30.3 Å². The molecule has 1 aromatic heterocycles. The van der Waals surface area contributed by atoms with E-state index in [0.717, 1.165) is 17.8 Å². The molecule has 2 aromatic rings. The first kappa shape index (κ1) is 13.9. The quantitative estimate of drug-likeness (QED) is 0.785. The van der Waals surface area contributed by atoms with Crippen LogP contribution in [0, 0.1) is 0 Å². The van der Waals surface area contributed by atoms with E-state index in [0.29, 0.717) is 10.8 Å². The third-order valence-electron chi connectivity index (χ3n) is 2.72. The molecule has 0 saturated carbocycles. The fraction of sp³-hybridized carbons (Fsp3) is 0.308. The molecule has 0 unspecified atom stereocenters. The second-order valence-corrected chi connectivity index (χ2v) is 4.89. The summed E-state index contributed by atoms with van der Waals surface area (Å²) in [5.74, 6) is 0.202. The van der Waals surface area contributed by atoms with Gasteiger partial charge in [0.2, 0.25) is 0 Å². The van der Waals surface area contributed by atoms with E-state index in [1.54, 1.807) is 6.07 Å². The molecule has 19 heavy (non-hydrogen) atoms. The van der Waals surface area contributed by atoms with Gasteiger partial charge in [0.25, 0.3) is 0 Å². The topological polar surface area (TPSA) is 17.8 Å². The Balaban J connectivity index is 2.37. The van der Waals surface area contributed by atoms with Gasteiger partial charge in [0, 0.05) is 0 Å². The van der Waals surface area contributed by atoms with Crippen molar-refractivity contribution in [2.45, 2.75) is 25.9 Å². The molecule has 0 atom stereocenters. The Labute approximate surface area is 113 Å². The van der Waals surface area contributed by atoms with Crippen LogP contribution in [0.2, 0.25) is 5.15 Å². The van der Waals surface area contributed by atoms with Gasteiger partial charge in [0.1, 0.15) is 5.15 Å². The number of benzene rings is 1. The van der Waals surface area contributed by atoms with E-state index < -0.39 is 11.7 Å². The van der Waals surface area contributed by atoms with E-state index >= 15 is 0 Å². The lowest BCUT2D eigenvalue weighted by molar-refractivity contribution is -0.137. The minimum Gasteiger partial charge on any atom is -0.222 e. The highest BCUT2D eigenvalue weighted by Crippen LogP contribution is 2.30. The van der Waals surface area contributed by atoms with Gasteiger partial charge >= 0.3 is 6.18 Å². The van der Waals surface area contributed by atoms with Gasteiger partial charge in [0.15, 0.2) is 0 Å². The molecule has 0 amide bonds. The van der Waals surface area contributed by atoms with Crippen LogP contribution < -0.4 is 0 Å². The number of hydrogen-bond acceptors (Lipinski definition) is 1. The van der Waals surface area contributed by atoms with Gasteiger partial charge in [-0.3, -0.25) is 0 Å². The predicted octanol–water partition coefficient (Wildman–Crippen LogP) is 4.67. The summed E-state index contributed by atoms with van der Waals surface area (Å²) in [6.45, 7) is 3.94. The van der Waals surface area contributed by atoms with Gasteiger partial charge < -0.3 is 0 Å². The van der Waals surface area contributed by atoms with E-state index in [-0.39, 0.29) is 5.92 Å². The van der Waals surface area contributed by atoms with E-state index in [4.69, 9.17) is 11.6 Å². The van der Waals surface area contributed by atoms with Crippen molar-refractivity contribution in [2.24, 2.45) is 0 Å². The molecule has 1 aromatic carbocycles. The lowest BCUT2D eigenvalue weighted by atomic mass is 10.1. The van der Waals surface area contributed by atoms with Crippen molar-refractivity contribution >= 4 is 11.6 Å². The van der Waals surface area contributed by atoms with Gasteiger partial charge in [-0.1, -0.05) is 25.4 Å². The average Bonchev–Trinajstić information content (AvgIpc) is 2.70. The van der Waals surface area contributed by atoms with Crippen LogP contribution in [-0.2, 0) is 6.18 Å². The fourth-order valence-corrected chi connectivity index (χ4v) is 1.88. The molecule has 0 N–H and O–H groups in total. The average molecular weight is 289 g/mol. The second kappa shape index (κ2) is 4.89. The highest BCUT2D eigenvalue weighted by molar-refractivity contribution is 6.29. The summed E-state index contributed by atoms with van der Waals surface area (Å²) in [6, 6.07) is 6.45. The zero-order chi connectivity index (χ0) is 14.2. The van der Waals surface area contributed by atoms with Crippen molar-refractivity contribution in [1.82, 2.24) is 9.78 Å². The second-order valence-electron chi connectivity index (χ2n) is 4.50. The molecule has 0 radical (unpaired) electrons. The fourth-order valence-electron chi connectivity index (χ4n) is 1.63. The maximum Gasteiger partial charge on any atom is 0.416 e. The minimum atomic E-state index is -4.34. The molecular weight excluding hydrogens is 277 g/mol. The number of nitrogens with zero attached hydrogens (tertiary/aromatic N) is 2. The molecule has 0 bridgehead atoms. The van der Waals surface area contributed by atoms with Crippen LogP contribution in [0.1, 0.15) is 31.0 Å². The smallest absolute Gasteiger partial charge is 0.222 e. The first-order chi connectivity index (χ1) is 8.79. The lowest BCUT2D eigenvalue weighted by Gasteiger charge is -2.08. The molecule has 2 nitrogen and oxygen atoms in total. The standard InChI is InChI=1S/C13H12ClF3N2/c1-8(2)11-7-12(14)19(18-11)10-5-3-9(4-6-10)13(15,16)17/h3-8H,1-2H3.